The topological polar surface area (TPSA) is 52.6 Å². The number of rotatable bonds is 7. The molecule has 1 fully saturated rings. The van der Waals surface area contributed by atoms with Gasteiger partial charge in [0.1, 0.15) is 0 Å². The van der Waals surface area contributed by atoms with Gasteiger partial charge < -0.3 is 4.43 Å². The van der Waals surface area contributed by atoms with Crippen LogP contribution in [0.4, 0.5) is 0 Å². The zero-order valence-corrected chi connectivity index (χ0v) is 23.0. The minimum absolute atomic E-state index is 0.0526. The van der Waals surface area contributed by atoms with Crippen molar-refractivity contribution in [1.29, 1.82) is 0 Å². The minimum atomic E-state index is -3.75. The lowest BCUT2D eigenvalue weighted by Crippen LogP contribution is -2.49. The molecule has 0 bridgehead atoms. The maximum absolute atomic E-state index is 12.7. The summed E-state index contributed by atoms with van der Waals surface area (Å²) < 4.78 is 37.8. The molecule has 2 aliphatic carbocycles. The summed E-state index contributed by atoms with van der Waals surface area (Å²) in [7, 11) is -5.59. The van der Waals surface area contributed by atoms with E-state index in [2.05, 4.69) is 53.8 Å². The Hall–Kier alpha value is -0.953. The van der Waals surface area contributed by atoms with Crippen LogP contribution in [0, 0.1) is 24.2 Å². The molecule has 0 aliphatic heterocycles. The Bertz CT molecular complexity index is 943. The number of fused-ring (bicyclic) bond motifs is 1. The van der Waals surface area contributed by atoms with E-state index in [1.165, 1.54) is 5.57 Å². The first-order valence-corrected chi connectivity index (χ1v) is 16.3. The van der Waals surface area contributed by atoms with E-state index in [0.717, 1.165) is 31.2 Å². The van der Waals surface area contributed by atoms with Crippen molar-refractivity contribution in [2.45, 2.75) is 96.4 Å². The monoisotopic (exact) mass is 478 g/mol. The molecule has 3 rings (SSSR count). The van der Waals surface area contributed by atoms with Crippen LogP contribution in [0.2, 0.25) is 18.1 Å². The largest absolute Gasteiger partial charge is 0.414 e. The summed E-state index contributed by atoms with van der Waals surface area (Å²) in [6.07, 6.45) is 7.06. The number of hydrogen-bond acceptors (Lipinski definition) is 4. The Morgan fingerprint density at radius 2 is 1.81 bits per heavy atom. The molecule has 0 aromatic heterocycles. The van der Waals surface area contributed by atoms with Crippen molar-refractivity contribution < 1.29 is 17.0 Å². The van der Waals surface area contributed by atoms with E-state index in [4.69, 9.17) is 8.61 Å². The van der Waals surface area contributed by atoms with Crippen LogP contribution >= 0.6 is 0 Å². The van der Waals surface area contributed by atoms with Gasteiger partial charge in [-0.25, -0.2) is 0 Å². The number of hydrogen-bond donors (Lipinski definition) is 0. The Labute approximate surface area is 197 Å². The lowest BCUT2D eigenvalue weighted by atomic mass is 9.63. The van der Waals surface area contributed by atoms with E-state index < -0.39 is 18.4 Å². The van der Waals surface area contributed by atoms with Crippen molar-refractivity contribution in [3.8, 4) is 0 Å². The van der Waals surface area contributed by atoms with Gasteiger partial charge in [-0.1, -0.05) is 70.4 Å². The molecule has 0 heterocycles. The molecule has 4 atom stereocenters. The number of allylic oxidation sites excluding steroid dienone is 1. The van der Waals surface area contributed by atoms with E-state index in [9.17, 15) is 8.42 Å². The molecule has 0 amide bonds. The molecule has 0 unspecified atom stereocenters. The van der Waals surface area contributed by atoms with Crippen LogP contribution in [-0.4, -0.2) is 29.4 Å². The van der Waals surface area contributed by atoms with Crippen LogP contribution < -0.4 is 0 Å². The van der Waals surface area contributed by atoms with Crippen LogP contribution in [-0.2, 0) is 18.7 Å². The first-order valence-electron chi connectivity index (χ1n) is 12.0. The van der Waals surface area contributed by atoms with E-state index in [0.29, 0.717) is 5.92 Å². The summed E-state index contributed by atoms with van der Waals surface area (Å²) in [6.45, 7) is 18.2. The van der Waals surface area contributed by atoms with Gasteiger partial charge in [-0.15, -0.1) is 0 Å². The van der Waals surface area contributed by atoms with Gasteiger partial charge >= 0.3 is 0 Å². The number of benzene rings is 1. The standard InChI is InChI=1S/C26H42O4SSi/c1-19-11-13-21(14-12-19)31(27,28)29-18-20(2)22-15-16-23-24(10-9-17-26(22,23)6)30-32(7,8)25(3,4)5/h11-15,20,23-24H,9-10,16-18H2,1-8H3/t20-,23-,24-,26+/m0/s1. The molecule has 32 heavy (non-hydrogen) atoms. The Balaban J connectivity index is 1.70. The summed E-state index contributed by atoms with van der Waals surface area (Å²) in [5, 5.41) is 0.196. The third-order valence-electron chi connectivity index (χ3n) is 8.27. The molecule has 1 aromatic carbocycles. The summed E-state index contributed by atoms with van der Waals surface area (Å²) in [6, 6.07) is 6.83. The molecule has 6 heteroatoms. The molecule has 0 saturated heterocycles. The predicted octanol–water partition coefficient (Wildman–Crippen LogP) is 6.86. The maximum Gasteiger partial charge on any atom is 0.296 e. The van der Waals surface area contributed by atoms with E-state index in [1.54, 1.807) is 24.3 Å². The highest BCUT2D eigenvalue weighted by atomic mass is 32.2. The van der Waals surface area contributed by atoms with Crippen LogP contribution in [0.25, 0.3) is 0 Å². The first-order chi connectivity index (χ1) is 14.7. The van der Waals surface area contributed by atoms with Gasteiger partial charge in [-0.05, 0) is 67.8 Å². The van der Waals surface area contributed by atoms with E-state index >= 15 is 0 Å². The molecular weight excluding hydrogens is 436 g/mol. The fourth-order valence-electron chi connectivity index (χ4n) is 5.24. The second-order valence-corrected chi connectivity index (χ2v) is 18.1. The highest BCUT2D eigenvalue weighted by Crippen LogP contribution is 2.56. The maximum atomic E-state index is 12.7. The Morgan fingerprint density at radius 3 is 2.41 bits per heavy atom. The molecule has 1 saturated carbocycles. The first kappa shape index (κ1) is 25.7. The van der Waals surface area contributed by atoms with Gasteiger partial charge in [0.25, 0.3) is 10.1 Å². The summed E-state index contributed by atoms with van der Waals surface area (Å²) >= 11 is 0. The Morgan fingerprint density at radius 1 is 1.19 bits per heavy atom. The third kappa shape index (κ3) is 5.08. The smallest absolute Gasteiger partial charge is 0.296 e. The SMILES string of the molecule is Cc1ccc(S(=O)(=O)OC[C@H](C)C2=CC[C@H]3[C@@H](O[Si](C)(C)C(C)(C)C)CCC[C@]23C)cc1. The molecule has 0 radical (unpaired) electrons. The van der Waals surface area contributed by atoms with Crippen LogP contribution in [0.1, 0.15) is 65.9 Å². The van der Waals surface area contributed by atoms with Crippen molar-refractivity contribution in [3.63, 3.8) is 0 Å². The third-order valence-corrected chi connectivity index (χ3v) is 14.1. The van der Waals surface area contributed by atoms with Crippen molar-refractivity contribution in [3.05, 3.63) is 41.5 Å². The van der Waals surface area contributed by atoms with Crippen molar-refractivity contribution in [2.24, 2.45) is 17.3 Å². The highest BCUT2D eigenvalue weighted by Gasteiger charge is 2.51. The van der Waals surface area contributed by atoms with Gasteiger partial charge in [0.05, 0.1) is 11.5 Å². The average molecular weight is 479 g/mol. The second-order valence-electron chi connectivity index (χ2n) is 11.7. The normalized spacial score (nSPS) is 27.7. The Kier molecular flexibility index (Phi) is 7.23. The lowest BCUT2D eigenvalue weighted by Gasteiger charge is -2.49. The van der Waals surface area contributed by atoms with Gasteiger partial charge in [-0.2, -0.15) is 8.42 Å². The fourth-order valence-corrected chi connectivity index (χ4v) is 7.62. The van der Waals surface area contributed by atoms with Gasteiger partial charge in [-0.3, -0.25) is 4.18 Å². The zero-order valence-electron chi connectivity index (χ0n) is 21.2. The number of aryl methyl sites for hydroxylation is 1. The predicted molar refractivity (Wildman–Crippen MR) is 134 cm³/mol. The molecule has 2 aliphatic rings. The van der Waals surface area contributed by atoms with Crippen molar-refractivity contribution in [2.75, 3.05) is 6.61 Å². The quantitative estimate of drug-likeness (QED) is 0.244. The summed E-state index contributed by atoms with van der Waals surface area (Å²) in [5.74, 6) is 0.522. The van der Waals surface area contributed by atoms with Crippen molar-refractivity contribution >= 4 is 18.4 Å². The molecule has 0 spiro atoms. The molecule has 1 aromatic rings. The van der Waals surface area contributed by atoms with Crippen LogP contribution in [0.5, 0.6) is 0 Å². The van der Waals surface area contributed by atoms with E-state index in [1.807, 2.05) is 6.92 Å². The lowest BCUT2D eigenvalue weighted by molar-refractivity contribution is 0.0150. The highest BCUT2D eigenvalue weighted by molar-refractivity contribution is 7.86. The molecule has 0 N–H and O–H groups in total. The molecular formula is C26H42O4SSi. The zero-order chi connectivity index (χ0) is 23.9. The molecule has 4 nitrogen and oxygen atoms in total. The van der Waals surface area contributed by atoms with Crippen molar-refractivity contribution in [1.82, 2.24) is 0 Å². The van der Waals surface area contributed by atoms with Crippen LogP contribution in [0.15, 0.2) is 40.8 Å². The minimum Gasteiger partial charge on any atom is -0.414 e. The van der Waals surface area contributed by atoms with Crippen LogP contribution in [0.3, 0.4) is 0 Å². The van der Waals surface area contributed by atoms with E-state index in [-0.39, 0.29) is 34.0 Å². The summed E-state index contributed by atoms with van der Waals surface area (Å²) in [4.78, 5) is 0.222. The average Bonchev–Trinajstić information content (AvgIpc) is 3.03. The fraction of sp³-hybridized carbons (Fsp3) is 0.692. The molecule has 180 valence electrons. The van der Waals surface area contributed by atoms with Gasteiger partial charge in [0, 0.05) is 12.0 Å². The second kappa shape index (κ2) is 9.01. The van der Waals surface area contributed by atoms with Gasteiger partial charge in [0.15, 0.2) is 8.32 Å². The summed E-state index contributed by atoms with van der Waals surface area (Å²) in [5.41, 5.74) is 2.44. The van der Waals surface area contributed by atoms with Gasteiger partial charge in [0.2, 0.25) is 0 Å².